The Morgan fingerprint density at radius 3 is 2.11 bits per heavy atom. The van der Waals surface area contributed by atoms with Gasteiger partial charge in [-0.3, -0.25) is 0 Å². The molecule has 0 aromatic heterocycles. The molecule has 0 aromatic rings. The van der Waals surface area contributed by atoms with E-state index >= 15 is 0 Å². The van der Waals surface area contributed by atoms with E-state index in [0.717, 1.165) is 12.8 Å². The van der Waals surface area contributed by atoms with Crippen molar-refractivity contribution in [1.82, 2.24) is 0 Å². The van der Waals surface area contributed by atoms with Crippen LogP contribution in [0.15, 0.2) is 0 Å². The Morgan fingerprint density at radius 2 is 2.00 bits per heavy atom. The monoisotopic (exact) mass is 172 g/mol. The third-order valence-electron chi connectivity index (χ3n) is 0.623. The fraction of sp³-hybridized carbons (Fsp3) is 0.800. The topological polar surface area (TPSA) is 43.7 Å². The van der Waals surface area contributed by atoms with Gasteiger partial charge >= 0.3 is 0 Å². The van der Waals surface area contributed by atoms with Gasteiger partial charge in [-0.05, 0) is 6.42 Å². The minimum absolute atomic E-state index is 0. The molecular weight excluding hydrogens is 163 g/mol. The van der Waals surface area contributed by atoms with Crippen LogP contribution >= 0.6 is 0 Å². The maximum absolute atomic E-state index is 7.25. The summed E-state index contributed by atoms with van der Waals surface area (Å²) in [4.78, 5) is 10.4. The molecule has 0 N–H and O–H groups in total. The van der Waals surface area contributed by atoms with Crippen LogP contribution in [0.3, 0.4) is 0 Å². The van der Waals surface area contributed by atoms with Gasteiger partial charge in [0.25, 0.3) is 0 Å². The molecule has 0 spiro atoms. The molecule has 1 radical (unpaired) electrons. The summed E-state index contributed by atoms with van der Waals surface area (Å²) in [6.45, 7) is 9.12. The number of nitroso groups, excluding NO2 is 1. The molecule has 0 amide bonds. The molecule has 0 aliphatic rings. The Balaban J connectivity index is -0.000000109. The first-order valence-electron chi connectivity index (χ1n) is 2.43. The first kappa shape index (κ1) is 15.8. The van der Waals surface area contributed by atoms with Crippen LogP contribution in [0.5, 0.6) is 0 Å². The summed E-state index contributed by atoms with van der Waals surface area (Å²) in [5, 5.41) is 0. The number of hydrogen-bond donors (Lipinski definition) is 0. The second-order valence-electron chi connectivity index (χ2n) is 1.24. The van der Waals surface area contributed by atoms with Crippen molar-refractivity contribution in [3.05, 3.63) is 21.9 Å². The third kappa shape index (κ3) is 35.3. The first-order chi connectivity index (χ1) is 3.91. The Morgan fingerprint density at radius 1 is 1.56 bits per heavy atom. The predicted molar refractivity (Wildman–Crippen MR) is 33.1 cm³/mol. The van der Waals surface area contributed by atoms with E-state index in [2.05, 4.69) is 11.8 Å². The molecule has 3 nitrogen and oxygen atoms in total. The van der Waals surface area contributed by atoms with Crippen molar-refractivity contribution in [2.24, 2.45) is 0 Å². The first-order valence-corrected chi connectivity index (χ1v) is 2.43. The summed E-state index contributed by atoms with van der Waals surface area (Å²) < 4.78 is 0. The van der Waals surface area contributed by atoms with Crippen molar-refractivity contribution in [2.75, 3.05) is 6.54 Å². The minimum Gasteiger partial charge on any atom is -0.577 e. The summed E-state index contributed by atoms with van der Waals surface area (Å²) in [6, 6.07) is 0. The van der Waals surface area contributed by atoms with Crippen LogP contribution in [0.2, 0.25) is 0 Å². The standard InChI is InChI=1S/C5H9N.Co.NO/c1-3-4-5-6-2;;1-2/h3-5H2,1H3;;/q;;-1. The maximum atomic E-state index is 7.25. The number of hydrogen-bond acceptors (Lipinski definition) is 1. The molecule has 0 bridgehead atoms. The Labute approximate surface area is 65.6 Å². The van der Waals surface area contributed by atoms with Gasteiger partial charge in [0.15, 0.2) is 0 Å². The average molecular weight is 172 g/mol. The molecule has 0 heterocycles. The molecule has 0 aliphatic carbocycles. The van der Waals surface area contributed by atoms with Crippen LogP contribution in [-0.2, 0) is 16.8 Å². The van der Waals surface area contributed by atoms with Gasteiger partial charge in [-0.15, -0.1) is 0 Å². The fourth-order valence-corrected chi connectivity index (χ4v) is 0.237. The Hall–Kier alpha value is -0.404. The van der Waals surface area contributed by atoms with Crippen LogP contribution in [-0.4, -0.2) is 6.54 Å². The number of unbranched alkanes of at least 4 members (excludes halogenated alkanes) is 1. The van der Waals surface area contributed by atoms with Gasteiger partial charge in [-0.2, -0.15) is 0 Å². The molecule has 4 heteroatoms. The van der Waals surface area contributed by atoms with Crippen molar-refractivity contribution < 1.29 is 16.8 Å². The Bertz CT molecular complexity index is 71.8. The van der Waals surface area contributed by atoms with E-state index in [1.807, 2.05) is 0 Å². The maximum Gasteiger partial charge on any atom is 0.214 e. The zero-order valence-corrected chi connectivity index (χ0v) is 6.30. The Kier molecular flexibility index (Phi) is 45.0. The van der Waals surface area contributed by atoms with E-state index < -0.39 is 0 Å². The smallest absolute Gasteiger partial charge is 0.214 e. The molecule has 0 atom stereocenters. The van der Waals surface area contributed by atoms with Gasteiger partial charge in [0, 0.05) is 23.2 Å². The van der Waals surface area contributed by atoms with Gasteiger partial charge in [-0.25, -0.2) is 6.57 Å². The second kappa shape index (κ2) is 25.6. The van der Waals surface area contributed by atoms with Gasteiger partial charge < -0.3 is 15.3 Å². The van der Waals surface area contributed by atoms with E-state index in [1.165, 1.54) is 0 Å². The van der Waals surface area contributed by atoms with Crippen LogP contribution in [0.25, 0.3) is 10.4 Å². The van der Waals surface area contributed by atoms with Crippen molar-refractivity contribution in [1.29, 1.82) is 0 Å². The summed E-state index contributed by atoms with van der Waals surface area (Å²) in [6.07, 6.45) is 2.20. The van der Waals surface area contributed by atoms with E-state index in [0.29, 0.717) is 6.54 Å². The van der Waals surface area contributed by atoms with Crippen LogP contribution < -0.4 is 0 Å². The molecule has 0 rings (SSSR count). The van der Waals surface area contributed by atoms with E-state index in [-0.39, 0.29) is 16.8 Å². The number of rotatable bonds is 2. The van der Waals surface area contributed by atoms with Crippen LogP contribution in [0.1, 0.15) is 19.8 Å². The fourth-order valence-electron chi connectivity index (χ4n) is 0.237. The third-order valence-corrected chi connectivity index (χ3v) is 0.623. The molecule has 0 saturated carbocycles. The predicted octanol–water partition coefficient (Wildman–Crippen LogP) is 2.03. The number of nitrogens with zero attached hydrogens (tertiary/aromatic N) is 2. The minimum atomic E-state index is 0. The molecule has 9 heavy (non-hydrogen) atoms. The van der Waals surface area contributed by atoms with E-state index in [9.17, 15) is 0 Å². The molecule has 55 valence electrons. The molecular formula is C5H9CoN2O-. The summed E-state index contributed by atoms with van der Waals surface area (Å²) in [5.74, 6) is 0. The SMILES string of the molecule is [C-]#[N+]CCCC.[Co].[N-]=O. The molecule has 0 aromatic carbocycles. The molecule has 0 unspecified atom stereocenters. The van der Waals surface area contributed by atoms with Crippen molar-refractivity contribution in [3.63, 3.8) is 0 Å². The van der Waals surface area contributed by atoms with Crippen LogP contribution in [0, 0.1) is 11.5 Å². The largest absolute Gasteiger partial charge is 0.577 e. The van der Waals surface area contributed by atoms with Gasteiger partial charge in [-0.1, -0.05) is 6.92 Å². The molecule has 0 fully saturated rings. The average Bonchev–Trinajstić information content (AvgIpc) is 1.88. The molecule has 0 saturated heterocycles. The van der Waals surface area contributed by atoms with Crippen molar-refractivity contribution in [3.8, 4) is 0 Å². The quantitative estimate of drug-likeness (QED) is 0.464. The van der Waals surface area contributed by atoms with Crippen molar-refractivity contribution >= 4 is 0 Å². The van der Waals surface area contributed by atoms with Crippen molar-refractivity contribution in [2.45, 2.75) is 19.8 Å². The van der Waals surface area contributed by atoms with E-state index in [1.54, 1.807) is 0 Å². The normalized spacial score (nSPS) is 5.33. The summed E-state index contributed by atoms with van der Waals surface area (Å²) >= 11 is 0. The van der Waals surface area contributed by atoms with Crippen LogP contribution in [0.4, 0.5) is 0 Å². The second-order valence-corrected chi connectivity index (χ2v) is 1.24. The summed E-state index contributed by atoms with van der Waals surface area (Å²) in [5.41, 5.74) is 5.75. The van der Waals surface area contributed by atoms with Gasteiger partial charge in [0.1, 0.15) is 0 Å². The zero-order valence-electron chi connectivity index (χ0n) is 5.26. The summed E-state index contributed by atoms with van der Waals surface area (Å²) in [7, 11) is 0. The molecule has 0 aliphatic heterocycles. The zero-order chi connectivity index (χ0) is 6.83. The van der Waals surface area contributed by atoms with E-state index in [4.69, 9.17) is 17.1 Å². The van der Waals surface area contributed by atoms with Gasteiger partial charge in [0.2, 0.25) is 6.54 Å². The van der Waals surface area contributed by atoms with Gasteiger partial charge in [0.05, 0.1) is 0 Å².